The topological polar surface area (TPSA) is 57.7 Å². The highest BCUT2D eigenvalue weighted by molar-refractivity contribution is 6.23. The molecule has 0 radical (unpaired) electrons. The lowest BCUT2D eigenvalue weighted by atomic mass is 9.65. The lowest BCUT2D eigenvalue weighted by molar-refractivity contribution is -0.123. The predicted octanol–water partition coefficient (Wildman–Crippen LogP) is 5.19. The van der Waals surface area contributed by atoms with Gasteiger partial charge in [-0.2, -0.15) is 0 Å². The fraction of sp³-hybridized carbons (Fsp3) is 0.276. The fourth-order valence-corrected chi connectivity index (χ4v) is 5.84. The van der Waals surface area contributed by atoms with Gasteiger partial charge in [-0.05, 0) is 56.5 Å². The van der Waals surface area contributed by atoms with Gasteiger partial charge in [-0.25, -0.2) is 0 Å². The minimum atomic E-state index is -0.930. The number of rotatable bonds is 3. The third-order valence-electron chi connectivity index (χ3n) is 7.33. The van der Waals surface area contributed by atoms with Crippen molar-refractivity contribution in [3.63, 3.8) is 0 Å². The Labute approximate surface area is 200 Å². The number of carbonyl (C=O) groups excluding carboxylic acids is 3. The lowest BCUT2D eigenvalue weighted by Crippen LogP contribution is -2.60. The normalized spacial score (nSPS) is 21.8. The Balaban J connectivity index is 1.57. The van der Waals surface area contributed by atoms with Crippen molar-refractivity contribution in [3.05, 3.63) is 101 Å². The molecule has 5 rings (SSSR count). The van der Waals surface area contributed by atoms with E-state index in [2.05, 4.69) is 39.0 Å². The summed E-state index contributed by atoms with van der Waals surface area (Å²) in [6.07, 6.45) is 0.696. The van der Waals surface area contributed by atoms with Crippen molar-refractivity contribution >= 4 is 23.4 Å². The van der Waals surface area contributed by atoms with E-state index in [1.807, 2.05) is 36.4 Å². The summed E-state index contributed by atoms with van der Waals surface area (Å²) in [4.78, 5) is 43.1. The monoisotopic (exact) mass is 452 g/mol. The first-order valence-corrected chi connectivity index (χ1v) is 11.6. The molecule has 2 heterocycles. The van der Waals surface area contributed by atoms with Crippen molar-refractivity contribution < 1.29 is 14.4 Å². The number of fused-ring (bicyclic) bond motifs is 2. The molecule has 0 fully saturated rings. The molecule has 3 aromatic rings. The molecule has 2 aliphatic heterocycles. The average Bonchev–Trinajstić information content (AvgIpc) is 3.08. The van der Waals surface area contributed by atoms with Gasteiger partial charge in [-0.15, -0.1) is 0 Å². The number of imide groups is 1. The molecule has 3 aromatic carbocycles. The van der Waals surface area contributed by atoms with Crippen LogP contribution in [0.3, 0.4) is 0 Å². The first-order chi connectivity index (χ1) is 16.2. The predicted molar refractivity (Wildman–Crippen MR) is 132 cm³/mol. The largest absolute Gasteiger partial charge is 0.305 e. The second-order valence-electron chi connectivity index (χ2n) is 10.1. The zero-order valence-electron chi connectivity index (χ0n) is 19.9. The van der Waals surface area contributed by atoms with Crippen LogP contribution in [-0.4, -0.2) is 34.2 Å². The zero-order valence-corrected chi connectivity index (χ0v) is 19.9. The molecule has 5 heteroatoms. The zero-order chi connectivity index (χ0) is 24.3. The van der Waals surface area contributed by atoms with E-state index < -0.39 is 23.4 Å². The Morgan fingerprint density at radius 2 is 1.32 bits per heavy atom. The number of anilines is 1. The van der Waals surface area contributed by atoms with Gasteiger partial charge in [0, 0.05) is 16.6 Å². The second-order valence-corrected chi connectivity index (χ2v) is 10.1. The molecule has 3 amide bonds. The molecule has 0 spiro atoms. The molecule has 2 unspecified atom stereocenters. The number of para-hydroxylation sites is 1. The van der Waals surface area contributed by atoms with E-state index in [0.29, 0.717) is 17.5 Å². The van der Waals surface area contributed by atoms with E-state index in [1.165, 1.54) is 5.56 Å². The summed E-state index contributed by atoms with van der Waals surface area (Å²) in [7, 11) is 0. The average molecular weight is 453 g/mol. The first-order valence-electron chi connectivity index (χ1n) is 11.6. The van der Waals surface area contributed by atoms with Gasteiger partial charge in [-0.3, -0.25) is 19.3 Å². The Bertz CT molecular complexity index is 1280. The molecule has 0 N–H and O–H groups in total. The highest BCUT2D eigenvalue weighted by Gasteiger charge is 2.50. The smallest absolute Gasteiger partial charge is 0.262 e. The summed E-state index contributed by atoms with van der Waals surface area (Å²) in [5, 5.41) is 0. The Hall–Kier alpha value is -3.73. The van der Waals surface area contributed by atoms with Crippen molar-refractivity contribution in [3.8, 4) is 0 Å². The van der Waals surface area contributed by atoms with Crippen molar-refractivity contribution in [1.82, 2.24) is 4.90 Å². The minimum Gasteiger partial charge on any atom is -0.305 e. The van der Waals surface area contributed by atoms with Crippen molar-refractivity contribution in [1.29, 1.82) is 0 Å². The molecule has 2 atom stereocenters. The molecule has 0 saturated heterocycles. The Kier molecular flexibility index (Phi) is 4.97. The van der Waals surface area contributed by atoms with Gasteiger partial charge in [0.1, 0.15) is 6.04 Å². The fourth-order valence-electron chi connectivity index (χ4n) is 5.84. The SMILES string of the molecule is CC(C(=O)N1c2ccccc2C(C)(c2ccccc2)CC1(C)C)N1C(=O)c2ccccc2C1=O. The van der Waals surface area contributed by atoms with Gasteiger partial charge in [0.2, 0.25) is 0 Å². The molecule has 0 aliphatic carbocycles. The van der Waals surface area contributed by atoms with Crippen LogP contribution in [0.15, 0.2) is 78.9 Å². The van der Waals surface area contributed by atoms with Crippen molar-refractivity contribution in [2.24, 2.45) is 0 Å². The Morgan fingerprint density at radius 3 is 1.94 bits per heavy atom. The summed E-state index contributed by atoms with van der Waals surface area (Å²) in [6, 6.07) is 24.1. The van der Waals surface area contributed by atoms with Gasteiger partial charge in [0.15, 0.2) is 0 Å². The number of hydrogen-bond acceptors (Lipinski definition) is 3. The van der Waals surface area contributed by atoms with Crippen LogP contribution in [0.4, 0.5) is 5.69 Å². The first kappa shape index (κ1) is 22.1. The van der Waals surface area contributed by atoms with Crippen molar-refractivity contribution in [2.75, 3.05) is 4.90 Å². The van der Waals surface area contributed by atoms with E-state index in [1.54, 1.807) is 36.1 Å². The van der Waals surface area contributed by atoms with Gasteiger partial charge < -0.3 is 4.90 Å². The molecule has 2 aliphatic rings. The number of benzene rings is 3. The third-order valence-corrected chi connectivity index (χ3v) is 7.33. The molecular weight excluding hydrogens is 424 g/mol. The number of carbonyl (C=O) groups is 3. The van der Waals surface area contributed by atoms with Crippen LogP contribution in [0.5, 0.6) is 0 Å². The molecule has 34 heavy (non-hydrogen) atoms. The van der Waals surface area contributed by atoms with Crippen molar-refractivity contribution in [2.45, 2.75) is 51.1 Å². The van der Waals surface area contributed by atoms with Gasteiger partial charge in [0.25, 0.3) is 17.7 Å². The van der Waals surface area contributed by atoms with Crippen LogP contribution in [0.25, 0.3) is 0 Å². The number of nitrogens with zero attached hydrogens (tertiary/aromatic N) is 2. The third kappa shape index (κ3) is 3.11. The maximum absolute atomic E-state index is 14.0. The lowest BCUT2D eigenvalue weighted by Gasteiger charge is -2.52. The number of amides is 3. The Morgan fingerprint density at radius 1 is 0.794 bits per heavy atom. The van der Waals surface area contributed by atoms with Gasteiger partial charge in [0.05, 0.1) is 11.1 Å². The van der Waals surface area contributed by atoms with Crippen LogP contribution in [0.1, 0.15) is 66.0 Å². The maximum atomic E-state index is 14.0. The van der Waals surface area contributed by atoms with Crippen LogP contribution in [0, 0.1) is 0 Å². The highest BCUT2D eigenvalue weighted by atomic mass is 16.2. The summed E-state index contributed by atoms with van der Waals surface area (Å²) >= 11 is 0. The van der Waals surface area contributed by atoms with Gasteiger partial charge >= 0.3 is 0 Å². The summed E-state index contributed by atoms with van der Waals surface area (Å²) in [6.45, 7) is 7.97. The molecular formula is C29H28N2O3. The summed E-state index contributed by atoms with van der Waals surface area (Å²) < 4.78 is 0. The molecule has 0 bridgehead atoms. The molecule has 172 valence electrons. The summed E-state index contributed by atoms with van der Waals surface area (Å²) in [5.41, 5.74) is 2.92. The van der Waals surface area contributed by atoms with E-state index in [9.17, 15) is 14.4 Å². The minimum absolute atomic E-state index is 0.262. The van der Waals surface area contributed by atoms with Crippen LogP contribution < -0.4 is 4.90 Å². The van der Waals surface area contributed by atoms with Crippen LogP contribution in [-0.2, 0) is 10.2 Å². The molecule has 5 nitrogen and oxygen atoms in total. The molecule has 0 saturated carbocycles. The number of hydrogen-bond donors (Lipinski definition) is 0. The summed E-state index contributed by atoms with van der Waals surface area (Å²) in [5.74, 6) is -1.10. The van der Waals surface area contributed by atoms with E-state index in [-0.39, 0.29) is 11.3 Å². The second kappa shape index (κ2) is 7.66. The van der Waals surface area contributed by atoms with E-state index in [0.717, 1.165) is 16.2 Å². The van der Waals surface area contributed by atoms with E-state index in [4.69, 9.17) is 0 Å². The van der Waals surface area contributed by atoms with E-state index >= 15 is 0 Å². The standard InChI is InChI=1S/C29H28N2O3/c1-19(30-26(33)21-14-8-9-15-22(21)27(30)34)25(32)31-24-17-11-10-16-23(24)29(4,18-28(31,2)3)20-12-6-5-7-13-20/h5-17,19H,18H2,1-4H3. The van der Waals surface area contributed by atoms with Gasteiger partial charge in [-0.1, -0.05) is 67.6 Å². The highest BCUT2D eigenvalue weighted by Crippen LogP contribution is 2.50. The van der Waals surface area contributed by atoms with Crippen LogP contribution >= 0.6 is 0 Å². The molecule has 0 aromatic heterocycles. The maximum Gasteiger partial charge on any atom is 0.262 e. The quantitative estimate of drug-likeness (QED) is 0.514. The van der Waals surface area contributed by atoms with Crippen LogP contribution in [0.2, 0.25) is 0 Å².